The minimum absolute atomic E-state index is 0.00743. The Labute approximate surface area is 151 Å². The summed E-state index contributed by atoms with van der Waals surface area (Å²) in [5, 5.41) is 2.93. The molecule has 1 aromatic carbocycles. The Bertz CT molecular complexity index is 602. The van der Waals surface area contributed by atoms with Crippen LogP contribution in [0.2, 0.25) is 0 Å². The van der Waals surface area contributed by atoms with Gasteiger partial charge in [0.05, 0.1) is 12.6 Å². The molecule has 1 N–H and O–H groups in total. The molecule has 0 bridgehead atoms. The van der Waals surface area contributed by atoms with Gasteiger partial charge in [0.15, 0.2) is 0 Å². The predicted octanol–water partition coefficient (Wildman–Crippen LogP) is 2.77. The van der Waals surface area contributed by atoms with Crippen LogP contribution in [0.5, 0.6) is 0 Å². The summed E-state index contributed by atoms with van der Waals surface area (Å²) in [6.45, 7) is 8.22. The van der Waals surface area contributed by atoms with Crippen molar-refractivity contribution in [2.24, 2.45) is 5.92 Å². The van der Waals surface area contributed by atoms with Crippen LogP contribution in [-0.4, -0.2) is 54.3 Å². The molecule has 0 radical (unpaired) electrons. The number of nitrogens with one attached hydrogen (secondary N) is 1. The number of amides is 2. The van der Waals surface area contributed by atoms with Crippen molar-refractivity contribution in [1.29, 1.82) is 0 Å². The Hall–Kier alpha value is -1.88. The number of hydrogen-bond donors (Lipinski definition) is 1. The van der Waals surface area contributed by atoms with Crippen LogP contribution in [-0.2, 0) is 16.0 Å². The Morgan fingerprint density at radius 2 is 2.08 bits per heavy atom. The topological polar surface area (TPSA) is 52.7 Å². The predicted molar refractivity (Wildman–Crippen MR) is 102 cm³/mol. The fourth-order valence-corrected chi connectivity index (χ4v) is 3.49. The molecule has 2 rings (SSSR count). The number of carbonyl (C=O) groups is 2. The maximum absolute atomic E-state index is 12.7. The van der Waals surface area contributed by atoms with Crippen molar-refractivity contribution < 1.29 is 9.59 Å². The quantitative estimate of drug-likeness (QED) is 0.862. The maximum Gasteiger partial charge on any atom is 0.243 e. The average molecular weight is 345 g/mol. The van der Waals surface area contributed by atoms with Crippen molar-refractivity contribution >= 4 is 17.5 Å². The van der Waals surface area contributed by atoms with E-state index in [1.54, 1.807) is 7.05 Å². The third-order valence-electron chi connectivity index (χ3n) is 5.02. The molecule has 2 atom stereocenters. The summed E-state index contributed by atoms with van der Waals surface area (Å²) in [7, 11) is 1.71. The Morgan fingerprint density at radius 1 is 1.36 bits per heavy atom. The molecule has 1 aliphatic rings. The lowest BCUT2D eigenvalue weighted by Crippen LogP contribution is -2.50. The SMILES string of the molecule is CCc1ccccc1NC(=O)CN(C)C(=O)C(C)N1CCCC(C)C1. The fourth-order valence-electron chi connectivity index (χ4n) is 3.49. The molecular formula is C20H31N3O2. The molecule has 5 nitrogen and oxygen atoms in total. The zero-order valence-corrected chi connectivity index (χ0v) is 15.9. The van der Waals surface area contributed by atoms with Crippen LogP contribution in [0.1, 0.15) is 39.2 Å². The maximum atomic E-state index is 12.7. The second kappa shape index (κ2) is 8.99. The van der Waals surface area contributed by atoms with Crippen LogP contribution in [0.25, 0.3) is 0 Å². The van der Waals surface area contributed by atoms with Crippen molar-refractivity contribution in [2.45, 2.75) is 46.1 Å². The molecule has 25 heavy (non-hydrogen) atoms. The van der Waals surface area contributed by atoms with Crippen molar-refractivity contribution in [3.63, 3.8) is 0 Å². The number of benzene rings is 1. The first-order valence-electron chi connectivity index (χ1n) is 9.29. The molecule has 138 valence electrons. The van der Waals surface area contributed by atoms with Gasteiger partial charge in [-0.2, -0.15) is 0 Å². The van der Waals surface area contributed by atoms with Gasteiger partial charge in [-0.05, 0) is 50.3 Å². The highest BCUT2D eigenvalue weighted by atomic mass is 16.2. The summed E-state index contributed by atoms with van der Waals surface area (Å²) >= 11 is 0. The van der Waals surface area contributed by atoms with Gasteiger partial charge in [-0.25, -0.2) is 0 Å². The number of anilines is 1. The molecule has 1 saturated heterocycles. The van der Waals surface area contributed by atoms with Crippen LogP contribution in [0.4, 0.5) is 5.69 Å². The highest BCUT2D eigenvalue weighted by Gasteiger charge is 2.28. The van der Waals surface area contributed by atoms with Gasteiger partial charge in [-0.3, -0.25) is 14.5 Å². The molecular weight excluding hydrogens is 314 g/mol. The minimum Gasteiger partial charge on any atom is -0.335 e. The van der Waals surface area contributed by atoms with Gasteiger partial charge in [0.2, 0.25) is 11.8 Å². The second-order valence-corrected chi connectivity index (χ2v) is 7.17. The van der Waals surface area contributed by atoms with Crippen LogP contribution in [0.15, 0.2) is 24.3 Å². The number of para-hydroxylation sites is 1. The standard InChI is InChI=1S/C20H31N3O2/c1-5-17-10-6-7-11-18(17)21-19(24)14-22(4)20(25)16(3)23-12-8-9-15(2)13-23/h6-7,10-11,15-16H,5,8-9,12-14H2,1-4H3,(H,21,24). The Kier molecular flexibility index (Phi) is 7.00. The summed E-state index contributed by atoms with van der Waals surface area (Å²) in [5.41, 5.74) is 1.93. The molecule has 5 heteroatoms. The molecule has 1 heterocycles. The fraction of sp³-hybridized carbons (Fsp3) is 0.600. The molecule has 0 aliphatic carbocycles. The average Bonchev–Trinajstić information content (AvgIpc) is 2.60. The molecule has 1 fully saturated rings. The van der Waals surface area contributed by atoms with Gasteiger partial charge in [-0.1, -0.05) is 32.0 Å². The summed E-state index contributed by atoms with van der Waals surface area (Å²) < 4.78 is 0. The lowest BCUT2D eigenvalue weighted by atomic mass is 9.99. The molecule has 1 aromatic rings. The normalized spacial score (nSPS) is 19.3. The Balaban J connectivity index is 1.90. The van der Waals surface area contributed by atoms with E-state index in [2.05, 4.69) is 24.1 Å². The molecule has 2 unspecified atom stereocenters. The van der Waals surface area contributed by atoms with E-state index in [-0.39, 0.29) is 24.4 Å². The number of hydrogen-bond acceptors (Lipinski definition) is 3. The lowest BCUT2D eigenvalue weighted by molar-refractivity contribution is -0.138. The van der Waals surface area contributed by atoms with Crippen LogP contribution >= 0.6 is 0 Å². The number of likely N-dealkylation sites (N-methyl/N-ethyl adjacent to an activating group) is 1. The van der Waals surface area contributed by atoms with Crippen LogP contribution < -0.4 is 5.32 Å². The van der Waals surface area contributed by atoms with Gasteiger partial charge in [0, 0.05) is 19.3 Å². The monoisotopic (exact) mass is 345 g/mol. The second-order valence-electron chi connectivity index (χ2n) is 7.17. The van der Waals surface area contributed by atoms with Gasteiger partial charge in [-0.15, -0.1) is 0 Å². The summed E-state index contributed by atoms with van der Waals surface area (Å²) in [4.78, 5) is 28.8. The van der Waals surface area contributed by atoms with E-state index in [9.17, 15) is 9.59 Å². The molecule has 2 amide bonds. The van der Waals surface area contributed by atoms with Gasteiger partial charge < -0.3 is 10.2 Å². The molecule has 0 spiro atoms. The number of likely N-dealkylation sites (tertiary alicyclic amines) is 1. The Morgan fingerprint density at radius 3 is 2.76 bits per heavy atom. The molecule has 1 aliphatic heterocycles. The largest absolute Gasteiger partial charge is 0.335 e. The van der Waals surface area contributed by atoms with Gasteiger partial charge >= 0.3 is 0 Å². The first-order valence-corrected chi connectivity index (χ1v) is 9.29. The first kappa shape index (κ1) is 19.4. The van der Waals surface area contributed by atoms with Crippen LogP contribution in [0, 0.1) is 5.92 Å². The number of carbonyl (C=O) groups excluding carboxylic acids is 2. The van der Waals surface area contributed by atoms with Crippen molar-refractivity contribution in [3.05, 3.63) is 29.8 Å². The van der Waals surface area contributed by atoms with E-state index in [0.717, 1.165) is 37.2 Å². The number of aryl methyl sites for hydroxylation is 1. The lowest BCUT2D eigenvalue weighted by Gasteiger charge is -2.36. The van der Waals surface area contributed by atoms with Gasteiger partial charge in [0.25, 0.3) is 0 Å². The smallest absolute Gasteiger partial charge is 0.243 e. The third-order valence-corrected chi connectivity index (χ3v) is 5.02. The van der Waals surface area contributed by atoms with Crippen molar-refractivity contribution in [2.75, 3.05) is 32.0 Å². The van der Waals surface area contributed by atoms with Crippen molar-refractivity contribution in [3.8, 4) is 0 Å². The summed E-state index contributed by atoms with van der Waals surface area (Å²) in [6, 6.07) is 7.60. The van der Waals surface area contributed by atoms with Crippen molar-refractivity contribution in [1.82, 2.24) is 9.80 Å². The van der Waals surface area contributed by atoms with E-state index in [1.807, 2.05) is 31.2 Å². The van der Waals surface area contributed by atoms with Crippen LogP contribution in [0.3, 0.4) is 0 Å². The highest BCUT2D eigenvalue weighted by molar-refractivity contribution is 5.95. The van der Waals surface area contributed by atoms with Gasteiger partial charge in [0.1, 0.15) is 0 Å². The highest BCUT2D eigenvalue weighted by Crippen LogP contribution is 2.19. The molecule has 0 aromatic heterocycles. The third kappa shape index (κ3) is 5.30. The summed E-state index contributed by atoms with van der Waals surface area (Å²) in [5.74, 6) is 0.479. The zero-order chi connectivity index (χ0) is 18.4. The minimum atomic E-state index is -0.177. The zero-order valence-electron chi connectivity index (χ0n) is 15.9. The number of rotatable bonds is 6. The number of piperidine rings is 1. The molecule has 0 saturated carbocycles. The van der Waals surface area contributed by atoms with E-state index in [0.29, 0.717) is 5.92 Å². The van der Waals surface area contributed by atoms with E-state index >= 15 is 0 Å². The van der Waals surface area contributed by atoms with E-state index in [1.165, 1.54) is 11.3 Å². The van der Waals surface area contributed by atoms with E-state index < -0.39 is 0 Å². The summed E-state index contributed by atoms with van der Waals surface area (Å²) in [6.07, 6.45) is 3.22. The van der Waals surface area contributed by atoms with E-state index in [4.69, 9.17) is 0 Å². The number of nitrogens with zero attached hydrogens (tertiary/aromatic N) is 2. The first-order chi connectivity index (χ1) is 11.9.